The van der Waals surface area contributed by atoms with Gasteiger partial charge in [-0.1, -0.05) is 6.92 Å². The molecule has 19 heavy (non-hydrogen) atoms. The van der Waals surface area contributed by atoms with E-state index >= 15 is 0 Å². The van der Waals surface area contributed by atoms with Crippen LogP contribution >= 0.6 is 0 Å². The number of nitrogens with one attached hydrogen (secondary N) is 1. The summed E-state index contributed by atoms with van der Waals surface area (Å²) in [5, 5.41) is 11.2. The van der Waals surface area contributed by atoms with Crippen molar-refractivity contribution in [1.29, 1.82) is 0 Å². The van der Waals surface area contributed by atoms with Crippen LogP contribution in [-0.2, 0) is 6.42 Å². The second-order valence-electron chi connectivity index (χ2n) is 4.42. The van der Waals surface area contributed by atoms with Gasteiger partial charge in [0.15, 0.2) is 0 Å². The lowest BCUT2D eigenvalue weighted by Gasteiger charge is -1.99. The summed E-state index contributed by atoms with van der Waals surface area (Å²) in [6.45, 7) is 5.68. The molecular weight excluding hydrogens is 245 g/mol. The Labute approximate surface area is 112 Å². The van der Waals surface area contributed by atoms with E-state index in [1.807, 2.05) is 0 Å². The molecule has 0 aliphatic heterocycles. The van der Waals surface area contributed by atoms with Gasteiger partial charge in [-0.3, -0.25) is 0 Å². The third-order valence-electron chi connectivity index (χ3n) is 2.87. The van der Waals surface area contributed by atoms with Crippen LogP contribution in [0.15, 0.2) is 22.6 Å². The molecule has 0 bridgehead atoms. The molecule has 0 atom stereocenters. The highest BCUT2D eigenvalue weighted by Gasteiger charge is 2.09. The Bertz CT molecular complexity index is 539. The summed E-state index contributed by atoms with van der Waals surface area (Å²) in [5.74, 6) is 0.838. The molecule has 4 nitrogen and oxygen atoms in total. The fourth-order valence-electron chi connectivity index (χ4n) is 1.79. The molecule has 0 saturated carbocycles. The number of aryl methyl sites for hydroxylation is 2. The van der Waals surface area contributed by atoms with Crippen molar-refractivity contribution in [2.75, 3.05) is 13.1 Å². The van der Waals surface area contributed by atoms with Crippen molar-refractivity contribution in [3.05, 3.63) is 35.5 Å². The van der Waals surface area contributed by atoms with E-state index in [0.29, 0.717) is 17.3 Å². The Hall–Kier alpha value is -1.75. The highest BCUT2D eigenvalue weighted by molar-refractivity contribution is 5.53. The topological polar surface area (TPSA) is 51.0 Å². The number of nitrogens with zero attached hydrogens (tertiary/aromatic N) is 2. The molecule has 0 spiro atoms. The normalized spacial score (nSPS) is 10.9. The van der Waals surface area contributed by atoms with Crippen LogP contribution in [0.3, 0.4) is 0 Å². The molecule has 0 fully saturated rings. The van der Waals surface area contributed by atoms with Crippen molar-refractivity contribution in [2.45, 2.75) is 26.7 Å². The first kappa shape index (κ1) is 13.7. The molecule has 1 aromatic heterocycles. The summed E-state index contributed by atoms with van der Waals surface area (Å²) >= 11 is 0. The van der Waals surface area contributed by atoms with E-state index in [4.69, 9.17) is 4.42 Å². The Morgan fingerprint density at radius 1 is 1.32 bits per heavy atom. The molecule has 0 aliphatic rings. The van der Waals surface area contributed by atoms with Gasteiger partial charge in [0, 0.05) is 12.0 Å². The van der Waals surface area contributed by atoms with Gasteiger partial charge in [-0.2, -0.15) is 0 Å². The lowest BCUT2D eigenvalue weighted by Crippen LogP contribution is -2.14. The van der Waals surface area contributed by atoms with Gasteiger partial charge in [-0.15, -0.1) is 10.2 Å². The number of hydrogen-bond donors (Lipinski definition) is 1. The van der Waals surface area contributed by atoms with Crippen molar-refractivity contribution in [3.8, 4) is 11.5 Å². The van der Waals surface area contributed by atoms with Crippen molar-refractivity contribution in [2.24, 2.45) is 0 Å². The zero-order valence-corrected chi connectivity index (χ0v) is 11.2. The Morgan fingerprint density at radius 2 is 2.16 bits per heavy atom. The minimum absolute atomic E-state index is 0.228. The molecule has 0 saturated heterocycles. The summed E-state index contributed by atoms with van der Waals surface area (Å²) in [6.07, 6.45) is 1.71. The maximum absolute atomic E-state index is 13.2. The van der Waals surface area contributed by atoms with Gasteiger partial charge in [0.05, 0.1) is 0 Å². The quantitative estimate of drug-likeness (QED) is 0.814. The number of rotatable bonds is 6. The second-order valence-corrected chi connectivity index (χ2v) is 4.42. The third kappa shape index (κ3) is 3.61. The fourth-order valence-corrected chi connectivity index (χ4v) is 1.79. The summed E-state index contributed by atoms with van der Waals surface area (Å²) in [5.41, 5.74) is 1.33. The molecular formula is C14H18FN3O. The summed E-state index contributed by atoms with van der Waals surface area (Å²) in [6, 6.07) is 4.78. The lowest BCUT2D eigenvalue weighted by molar-refractivity contribution is 0.492. The maximum atomic E-state index is 13.2. The van der Waals surface area contributed by atoms with E-state index in [1.54, 1.807) is 19.1 Å². The molecule has 5 heteroatoms. The average Bonchev–Trinajstić information content (AvgIpc) is 2.87. The molecule has 0 radical (unpaired) electrons. The van der Waals surface area contributed by atoms with Gasteiger partial charge in [0.25, 0.3) is 0 Å². The van der Waals surface area contributed by atoms with Crippen LogP contribution in [0.4, 0.5) is 4.39 Å². The van der Waals surface area contributed by atoms with Crippen molar-refractivity contribution in [3.63, 3.8) is 0 Å². The molecule has 1 aromatic carbocycles. The molecule has 1 N–H and O–H groups in total. The van der Waals surface area contributed by atoms with Gasteiger partial charge in [-0.25, -0.2) is 4.39 Å². The van der Waals surface area contributed by atoms with Crippen molar-refractivity contribution < 1.29 is 8.81 Å². The van der Waals surface area contributed by atoms with Crippen molar-refractivity contribution >= 4 is 0 Å². The predicted octanol–water partition coefficient (Wildman–Crippen LogP) is 2.73. The zero-order valence-electron chi connectivity index (χ0n) is 11.2. The first-order valence-electron chi connectivity index (χ1n) is 6.50. The van der Waals surface area contributed by atoms with Gasteiger partial charge in [0.2, 0.25) is 11.8 Å². The van der Waals surface area contributed by atoms with Gasteiger partial charge < -0.3 is 9.73 Å². The highest BCUT2D eigenvalue weighted by Crippen LogP contribution is 2.20. The van der Waals surface area contributed by atoms with Gasteiger partial charge in [0.1, 0.15) is 5.82 Å². The average molecular weight is 263 g/mol. The molecule has 1 heterocycles. The number of halogens is 1. The number of benzene rings is 1. The van der Waals surface area contributed by atoms with Crippen molar-refractivity contribution in [1.82, 2.24) is 15.5 Å². The van der Waals surface area contributed by atoms with Gasteiger partial charge >= 0.3 is 0 Å². The van der Waals surface area contributed by atoms with Crippen LogP contribution in [0.2, 0.25) is 0 Å². The molecule has 0 amide bonds. The second kappa shape index (κ2) is 6.43. The first-order valence-corrected chi connectivity index (χ1v) is 6.50. The highest BCUT2D eigenvalue weighted by atomic mass is 19.1. The zero-order chi connectivity index (χ0) is 13.7. The van der Waals surface area contributed by atoms with Crippen LogP contribution in [0.1, 0.15) is 24.8 Å². The smallest absolute Gasteiger partial charge is 0.247 e. The minimum atomic E-state index is -0.228. The minimum Gasteiger partial charge on any atom is -0.421 e. The van der Waals surface area contributed by atoms with Gasteiger partial charge in [-0.05, 0) is 50.2 Å². The standard InChI is InChI=1S/C14H18FN3O/c1-3-16-8-4-5-13-17-18-14(19-13)11-6-7-12(15)10(2)9-11/h6-7,9,16H,3-5,8H2,1-2H3. The van der Waals surface area contributed by atoms with Crippen LogP contribution in [-0.4, -0.2) is 23.3 Å². The SMILES string of the molecule is CCNCCCc1nnc(-c2ccc(F)c(C)c2)o1. The van der Waals surface area contributed by atoms with Crippen LogP contribution in [0, 0.1) is 12.7 Å². The summed E-state index contributed by atoms with van der Waals surface area (Å²) in [4.78, 5) is 0. The monoisotopic (exact) mass is 263 g/mol. The molecule has 2 rings (SSSR count). The fraction of sp³-hybridized carbons (Fsp3) is 0.429. The first-order chi connectivity index (χ1) is 9.20. The molecule has 102 valence electrons. The van der Waals surface area contributed by atoms with E-state index in [-0.39, 0.29) is 5.82 Å². The lowest BCUT2D eigenvalue weighted by atomic mass is 10.1. The van der Waals surface area contributed by atoms with E-state index in [9.17, 15) is 4.39 Å². The number of hydrogen-bond acceptors (Lipinski definition) is 4. The van der Waals surface area contributed by atoms with E-state index in [1.165, 1.54) is 6.07 Å². The van der Waals surface area contributed by atoms with E-state index < -0.39 is 0 Å². The number of aromatic nitrogens is 2. The predicted molar refractivity (Wildman–Crippen MR) is 71.3 cm³/mol. The molecule has 0 aliphatic carbocycles. The Morgan fingerprint density at radius 3 is 2.89 bits per heavy atom. The van der Waals surface area contributed by atoms with Crippen LogP contribution < -0.4 is 5.32 Å². The largest absolute Gasteiger partial charge is 0.421 e. The van der Waals surface area contributed by atoms with E-state index in [2.05, 4.69) is 22.4 Å². The van der Waals surface area contributed by atoms with Crippen LogP contribution in [0.25, 0.3) is 11.5 Å². The maximum Gasteiger partial charge on any atom is 0.247 e. The summed E-state index contributed by atoms with van der Waals surface area (Å²) in [7, 11) is 0. The van der Waals surface area contributed by atoms with Crippen LogP contribution in [0.5, 0.6) is 0 Å². The summed E-state index contributed by atoms with van der Waals surface area (Å²) < 4.78 is 18.8. The molecule has 0 unspecified atom stereocenters. The Balaban J connectivity index is 2.01. The Kier molecular flexibility index (Phi) is 4.63. The third-order valence-corrected chi connectivity index (χ3v) is 2.87. The van der Waals surface area contributed by atoms with E-state index in [0.717, 1.165) is 31.5 Å². The molecule has 2 aromatic rings.